The van der Waals surface area contributed by atoms with Crippen molar-refractivity contribution in [3.63, 3.8) is 0 Å². The highest BCUT2D eigenvalue weighted by molar-refractivity contribution is 7.11. The van der Waals surface area contributed by atoms with Crippen molar-refractivity contribution in [2.45, 2.75) is 52.3 Å². The Bertz CT molecular complexity index is 372. The molecule has 0 saturated carbocycles. The molecule has 0 spiro atoms. The van der Waals surface area contributed by atoms with Crippen LogP contribution < -0.4 is 5.32 Å². The molecule has 2 nitrogen and oxygen atoms in total. The largest absolute Gasteiger partial charge is 0.443 e. The molecule has 1 rings (SSSR count). The van der Waals surface area contributed by atoms with E-state index >= 15 is 0 Å². The number of aromatic nitrogens is 1. The number of halogens is 3. The summed E-state index contributed by atoms with van der Waals surface area (Å²) >= 11 is 0.759. The van der Waals surface area contributed by atoms with Gasteiger partial charge in [-0.2, -0.15) is 13.2 Å². The molecular formula is C13H21F3N2S. The Morgan fingerprint density at radius 2 is 1.89 bits per heavy atom. The van der Waals surface area contributed by atoms with Crippen LogP contribution >= 0.6 is 11.3 Å². The lowest BCUT2D eigenvalue weighted by molar-refractivity contribution is -0.137. The first-order chi connectivity index (χ1) is 8.93. The fourth-order valence-corrected chi connectivity index (χ4v) is 3.07. The molecule has 1 heterocycles. The van der Waals surface area contributed by atoms with Crippen molar-refractivity contribution in [1.29, 1.82) is 0 Å². The van der Waals surface area contributed by atoms with Gasteiger partial charge < -0.3 is 5.32 Å². The van der Waals surface area contributed by atoms with Gasteiger partial charge in [-0.3, -0.25) is 0 Å². The van der Waals surface area contributed by atoms with Crippen LogP contribution in [0, 0.1) is 5.92 Å². The van der Waals surface area contributed by atoms with Gasteiger partial charge in [0, 0.05) is 17.1 Å². The van der Waals surface area contributed by atoms with Crippen molar-refractivity contribution in [3.8, 4) is 0 Å². The Hall–Kier alpha value is -0.620. The number of hydrogen-bond donors (Lipinski definition) is 1. The number of alkyl halides is 3. The number of hydrogen-bond acceptors (Lipinski definition) is 3. The lowest BCUT2D eigenvalue weighted by Gasteiger charge is -2.25. The van der Waals surface area contributed by atoms with E-state index in [1.165, 1.54) is 6.20 Å². The molecule has 1 atom stereocenters. The summed E-state index contributed by atoms with van der Waals surface area (Å²) in [6, 6.07) is -0.0245. The van der Waals surface area contributed by atoms with Crippen molar-refractivity contribution in [2.24, 2.45) is 5.92 Å². The van der Waals surface area contributed by atoms with Crippen LogP contribution in [-0.4, -0.2) is 11.5 Å². The standard InChI is InChI=1S/C13H21F3N2S/c1-4-7-17-11(9(5-2)6-3)10-8-18-12(19-10)13(14,15)16/h8-9,11,17H,4-7H2,1-3H3. The molecule has 1 unspecified atom stereocenters. The minimum atomic E-state index is -4.34. The van der Waals surface area contributed by atoms with E-state index in [4.69, 9.17) is 0 Å². The summed E-state index contributed by atoms with van der Waals surface area (Å²) in [7, 11) is 0. The van der Waals surface area contributed by atoms with Crippen molar-refractivity contribution in [2.75, 3.05) is 6.54 Å². The van der Waals surface area contributed by atoms with E-state index < -0.39 is 11.2 Å². The highest BCUT2D eigenvalue weighted by Crippen LogP contribution is 2.37. The van der Waals surface area contributed by atoms with Gasteiger partial charge in [-0.05, 0) is 18.9 Å². The molecule has 0 bridgehead atoms. The van der Waals surface area contributed by atoms with E-state index in [0.717, 1.165) is 37.1 Å². The highest BCUT2D eigenvalue weighted by atomic mass is 32.1. The molecule has 0 aliphatic heterocycles. The molecule has 19 heavy (non-hydrogen) atoms. The Kier molecular flexibility index (Phi) is 6.26. The number of nitrogens with zero attached hydrogens (tertiary/aromatic N) is 1. The summed E-state index contributed by atoms with van der Waals surface area (Å²) in [6.45, 7) is 6.99. The average molecular weight is 294 g/mol. The molecule has 0 saturated heterocycles. The minimum absolute atomic E-state index is 0.0245. The predicted molar refractivity (Wildman–Crippen MR) is 72.2 cm³/mol. The molecule has 1 N–H and O–H groups in total. The molecule has 0 radical (unpaired) electrons. The molecule has 1 aromatic rings. The number of rotatable bonds is 7. The first-order valence-electron chi connectivity index (χ1n) is 6.70. The van der Waals surface area contributed by atoms with Crippen LogP contribution in [-0.2, 0) is 6.18 Å². The van der Waals surface area contributed by atoms with Gasteiger partial charge in [0.1, 0.15) is 0 Å². The van der Waals surface area contributed by atoms with Crippen LogP contribution in [0.4, 0.5) is 13.2 Å². The van der Waals surface area contributed by atoms with Crippen molar-refractivity contribution in [1.82, 2.24) is 10.3 Å². The lowest BCUT2D eigenvalue weighted by Crippen LogP contribution is -2.27. The lowest BCUT2D eigenvalue weighted by atomic mass is 9.93. The molecule has 0 aliphatic rings. The third-order valence-corrected chi connectivity index (χ3v) is 4.33. The summed E-state index contributed by atoms with van der Waals surface area (Å²) in [4.78, 5) is 4.21. The summed E-state index contributed by atoms with van der Waals surface area (Å²) in [6.07, 6.45) is -0.124. The number of nitrogens with one attached hydrogen (secondary N) is 1. The molecular weight excluding hydrogens is 273 g/mol. The second kappa shape index (κ2) is 7.24. The average Bonchev–Trinajstić information content (AvgIpc) is 2.83. The third-order valence-electron chi connectivity index (χ3n) is 3.21. The smallest absolute Gasteiger partial charge is 0.309 e. The van der Waals surface area contributed by atoms with Crippen molar-refractivity contribution < 1.29 is 13.2 Å². The van der Waals surface area contributed by atoms with E-state index in [2.05, 4.69) is 24.1 Å². The fraction of sp³-hybridized carbons (Fsp3) is 0.769. The maximum Gasteiger partial charge on any atom is 0.443 e. The van der Waals surface area contributed by atoms with Gasteiger partial charge in [-0.1, -0.05) is 33.6 Å². The van der Waals surface area contributed by atoms with Crippen LogP contribution in [0.15, 0.2) is 6.20 Å². The maximum atomic E-state index is 12.6. The van der Waals surface area contributed by atoms with Crippen LogP contribution in [0.25, 0.3) is 0 Å². The SMILES string of the molecule is CCCNC(c1cnc(C(F)(F)F)s1)C(CC)CC. The van der Waals surface area contributed by atoms with E-state index in [1.54, 1.807) is 0 Å². The quantitative estimate of drug-likeness (QED) is 0.792. The van der Waals surface area contributed by atoms with Crippen LogP contribution in [0.1, 0.15) is 56.0 Å². The predicted octanol–water partition coefficient (Wildman–Crippen LogP) is 4.64. The highest BCUT2D eigenvalue weighted by Gasteiger charge is 2.35. The zero-order chi connectivity index (χ0) is 14.5. The maximum absolute atomic E-state index is 12.6. The molecule has 0 aliphatic carbocycles. The van der Waals surface area contributed by atoms with E-state index in [1.807, 2.05) is 6.92 Å². The second-order valence-corrected chi connectivity index (χ2v) is 5.64. The monoisotopic (exact) mass is 294 g/mol. The van der Waals surface area contributed by atoms with E-state index in [-0.39, 0.29) is 6.04 Å². The Morgan fingerprint density at radius 3 is 2.32 bits per heavy atom. The Morgan fingerprint density at radius 1 is 1.26 bits per heavy atom. The summed E-state index contributed by atoms with van der Waals surface area (Å²) < 4.78 is 37.8. The molecule has 6 heteroatoms. The molecule has 0 fully saturated rings. The first-order valence-corrected chi connectivity index (χ1v) is 7.51. The molecule has 1 aromatic heterocycles. The van der Waals surface area contributed by atoms with Crippen LogP contribution in [0.5, 0.6) is 0 Å². The summed E-state index contributed by atoms with van der Waals surface area (Å²) in [5.41, 5.74) is 0. The van der Waals surface area contributed by atoms with E-state index in [9.17, 15) is 13.2 Å². The Balaban J connectivity index is 2.93. The third kappa shape index (κ3) is 4.45. The van der Waals surface area contributed by atoms with Gasteiger partial charge >= 0.3 is 6.18 Å². The first kappa shape index (κ1) is 16.4. The molecule has 0 aromatic carbocycles. The van der Waals surface area contributed by atoms with Gasteiger partial charge in [0.2, 0.25) is 0 Å². The van der Waals surface area contributed by atoms with Gasteiger partial charge in [-0.25, -0.2) is 4.98 Å². The second-order valence-electron chi connectivity index (χ2n) is 4.57. The van der Waals surface area contributed by atoms with Crippen LogP contribution in [0.2, 0.25) is 0 Å². The van der Waals surface area contributed by atoms with Crippen molar-refractivity contribution in [3.05, 3.63) is 16.1 Å². The molecule has 110 valence electrons. The summed E-state index contributed by atoms with van der Waals surface area (Å²) in [5.74, 6) is 0.341. The zero-order valence-electron chi connectivity index (χ0n) is 11.5. The minimum Gasteiger partial charge on any atom is -0.309 e. The van der Waals surface area contributed by atoms with Crippen LogP contribution in [0.3, 0.4) is 0 Å². The van der Waals surface area contributed by atoms with Crippen molar-refractivity contribution >= 4 is 11.3 Å². The van der Waals surface area contributed by atoms with Gasteiger partial charge in [0.05, 0.1) is 0 Å². The summed E-state index contributed by atoms with van der Waals surface area (Å²) in [5, 5.41) is 2.60. The van der Waals surface area contributed by atoms with Gasteiger partial charge in [0.25, 0.3) is 0 Å². The van der Waals surface area contributed by atoms with E-state index in [0.29, 0.717) is 10.8 Å². The Labute approximate surface area is 116 Å². The molecule has 0 amide bonds. The van der Waals surface area contributed by atoms with Gasteiger partial charge in [-0.15, -0.1) is 11.3 Å². The fourth-order valence-electron chi connectivity index (χ4n) is 2.12. The topological polar surface area (TPSA) is 24.9 Å². The zero-order valence-corrected chi connectivity index (χ0v) is 12.4. The van der Waals surface area contributed by atoms with Gasteiger partial charge in [0.15, 0.2) is 5.01 Å². The normalized spacial score (nSPS) is 14.1. The number of thiazole rings is 1.